The number of nitrogens with one attached hydrogen (secondary N) is 1. The number of hydrogen-bond acceptors (Lipinski definition) is 4. The molecule has 102 valence electrons. The van der Waals surface area contributed by atoms with Crippen LogP contribution in [0.25, 0.3) is 0 Å². The lowest BCUT2D eigenvalue weighted by molar-refractivity contribution is -0.117. The minimum atomic E-state index is -0.207. The smallest absolute Gasteiger partial charge is 0.234 e. The van der Waals surface area contributed by atoms with Crippen molar-refractivity contribution in [3.8, 4) is 0 Å². The molecule has 20 heavy (non-hydrogen) atoms. The van der Waals surface area contributed by atoms with Crippen molar-refractivity contribution in [2.75, 3.05) is 11.1 Å². The average Bonchev–Trinajstić information content (AvgIpc) is 2.88. The fourth-order valence-corrected chi connectivity index (χ4v) is 3.53. The number of amides is 1. The minimum Gasteiger partial charge on any atom is -0.309 e. The van der Waals surface area contributed by atoms with Gasteiger partial charge in [-0.15, -0.1) is 11.8 Å². The molecule has 3 rings (SSSR count). The third-order valence-electron chi connectivity index (χ3n) is 3.00. The molecule has 1 aromatic carbocycles. The maximum absolute atomic E-state index is 12.4. The van der Waals surface area contributed by atoms with Gasteiger partial charge in [0, 0.05) is 10.6 Å². The molecule has 1 aliphatic heterocycles. The van der Waals surface area contributed by atoms with Gasteiger partial charge in [-0.2, -0.15) is 0 Å². The standard InChI is InChI=1S/C13H9Cl2N3OS/c14-10-11(15)16-6-17-12(10)18-13(19)8-5-20-9-4-2-1-3-7(8)9/h1-4,6,8H,5H2,(H,16,17,18,19). The highest BCUT2D eigenvalue weighted by Crippen LogP contribution is 2.40. The molecule has 1 N–H and O–H groups in total. The Kier molecular flexibility index (Phi) is 3.83. The van der Waals surface area contributed by atoms with Crippen molar-refractivity contribution >= 4 is 46.7 Å². The molecule has 0 aliphatic carbocycles. The first-order valence-corrected chi connectivity index (χ1v) is 7.59. The predicted molar refractivity (Wildman–Crippen MR) is 80.6 cm³/mol. The number of halogens is 2. The maximum atomic E-state index is 12.4. The van der Waals surface area contributed by atoms with Crippen molar-refractivity contribution in [2.24, 2.45) is 0 Å². The molecule has 1 aliphatic rings. The van der Waals surface area contributed by atoms with Crippen LogP contribution in [0.1, 0.15) is 11.5 Å². The SMILES string of the molecule is O=C(Nc1ncnc(Cl)c1Cl)C1CSc2ccccc21. The molecule has 2 heterocycles. The number of fused-ring (bicyclic) bond motifs is 1. The quantitative estimate of drug-likeness (QED) is 0.857. The topological polar surface area (TPSA) is 54.9 Å². The highest BCUT2D eigenvalue weighted by molar-refractivity contribution is 7.99. The van der Waals surface area contributed by atoms with E-state index in [1.54, 1.807) is 11.8 Å². The van der Waals surface area contributed by atoms with Gasteiger partial charge >= 0.3 is 0 Å². The molecule has 0 spiro atoms. The van der Waals surface area contributed by atoms with Gasteiger partial charge in [-0.1, -0.05) is 41.4 Å². The van der Waals surface area contributed by atoms with E-state index in [2.05, 4.69) is 15.3 Å². The van der Waals surface area contributed by atoms with E-state index in [1.807, 2.05) is 24.3 Å². The van der Waals surface area contributed by atoms with E-state index >= 15 is 0 Å². The lowest BCUT2D eigenvalue weighted by atomic mass is 10.0. The Morgan fingerprint density at radius 1 is 1.30 bits per heavy atom. The average molecular weight is 326 g/mol. The normalized spacial score (nSPS) is 16.8. The van der Waals surface area contributed by atoms with Crippen molar-refractivity contribution in [3.63, 3.8) is 0 Å². The summed E-state index contributed by atoms with van der Waals surface area (Å²) in [6.45, 7) is 0. The van der Waals surface area contributed by atoms with Crippen molar-refractivity contribution in [1.29, 1.82) is 0 Å². The monoisotopic (exact) mass is 325 g/mol. The molecule has 2 aromatic rings. The Balaban J connectivity index is 1.83. The fourth-order valence-electron chi connectivity index (χ4n) is 2.02. The van der Waals surface area contributed by atoms with Crippen LogP contribution in [-0.2, 0) is 4.79 Å². The summed E-state index contributed by atoms with van der Waals surface area (Å²) in [5, 5.41) is 2.99. The van der Waals surface area contributed by atoms with Crippen LogP contribution < -0.4 is 5.32 Å². The summed E-state index contributed by atoms with van der Waals surface area (Å²) < 4.78 is 0. The van der Waals surface area contributed by atoms with Crippen LogP contribution in [0.15, 0.2) is 35.5 Å². The Bertz CT molecular complexity index is 680. The van der Waals surface area contributed by atoms with E-state index < -0.39 is 0 Å². The molecule has 1 atom stereocenters. The first kappa shape index (κ1) is 13.7. The molecule has 1 amide bonds. The van der Waals surface area contributed by atoms with Crippen molar-refractivity contribution in [2.45, 2.75) is 10.8 Å². The van der Waals surface area contributed by atoms with E-state index in [0.29, 0.717) is 5.75 Å². The molecule has 0 saturated carbocycles. The zero-order valence-corrected chi connectivity index (χ0v) is 12.5. The highest BCUT2D eigenvalue weighted by Gasteiger charge is 2.29. The number of benzene rings is 1. The van der Waals surface area contributed by atoms with Gasteiger partial charge in [0.25, 0.3) is 0 Å². The summed E-state index contributed by atoms with van der Waals surface area (Å²) >= 11 is 13.4. The van der Waals surface area contributed by atoms with Gasteiger partial charge in [-0.3, -0.25) is 4.79 Å². The second-order valence-electron chi connectivity index (χ2n) is 4.22. The van der Waals surface area contributed by atoms with Crippen LogP contribution >= 0.6 is 35.0 Å². The first-order chi connectivity index (χ1) is 9.66. The van der Waals surface area contributed by atoms with Crippen LogP contribution in [0.4, 0.5) is 5.82 Å². The zero-order chi connectivity index (χ0) is 14.1. The second kappa shape index (κ2) is 5.60. The van der Waals surface area contributed by atoms with E-state index in [9.17, 15) is 4.79 Å². The predicted octanol–water partition coefficient (Wildman–Crippen LogP) is 3.61. The van der Waals surface area contributed by atoms with E-state index in [4.69, 9.17) is 23.2 Å². The summed E-state index contributed by atoms with van der Waals surface area (Å²) in [6.07, 6.45) is 1.27. The van der Waals surface area contributed by atoms with Gasteiger partial charge in [0.2, 0.25) is 5.91 Å². The van der Waals surface area contributed by atoms with Gasteiger partial charge in [0.1, 0.15) is 11.3 Å². The van der Waals surface area contributed by atoms with E-state index in [0.717, 1.165) is 10.5 Å². The number of hydrogen-bond donors (Lipinski definition) is 1. The summed E-state index contributed by atoms with van der Waals surface area (Å²) in [6, 6.07) is 7.88. The number of nitrogens with zero attached hydrogens (tertiary/aromatic N) is 2. The number of anilines is 1. The van der Waals surface area contributed by atoms with Gasteiger partial charge in [0.15, 0.2) is 11.0 Å². The number of rotatable bonds is 2. The Morgan fingerprint density at radius 3 is 2.95 bits per heavy atom. The van der Waals surface area contributed by atoms with Gasteiger partial charge in [-0.05, 0) is 11.6 Å². The summed E-state index contributed by atoms with van der Waals surface area (Å²) in [5.74, 6) is 0.605. The molecule has 4 nitrogen and oxygen atoms in total. The van der Waals surface area contributed by atoms with Crippen LogP contribution in [0.3, 0.4) is 0 Å². The van der Waals surface area contributed by atoms with Crippen molar-refractivity contribution in [1.82, 2.24) is 9.97 Å². The molecule has 0 bridgehead atoms. The van der Waals surface area contributed by atoms with Crippen LogP contribution in [0.5, 0.6) is 0 Å². The summed E-state index contributed by atoms with van der Waals surface area (Å²) in [4.78, 5) is 21.2. The van der Waals surface area contributed by atoms with Crippen LogP contribution in [0, 0.1) is 0 Å². The molecule has 1 aromatic heterocycles. The number of carbonyl (C=O) groups excluding carboxylic acids is 1. The number of carbonyl (C=O) groups is 1. The first-order valence-electron chi connectivity index (χ1n) is 5.85. The summed E-state index contributed by atoms with van der Waals surface area (Å²) in [7, 11) is 0. The van der Waals surface area contributed by atoms with E-state index in [-0.39, 0.29) is 27.8 Å². The Morgan fingerprint density at radius 2 is 2.10 bits per heavy atom. The third-order valence-corrected chi connectivity index (χ3v) is 4.93. The van der Waals surface area contributed by atoms with Crippen molar-refractivity contribution in [3.05, 3.63) is 46.3 Å². The lowest BCUT2D eigenvalue weighted by Crippen LogP contribution is -2.22. The minimum absolute atomic E-state index is 0.123. The molecule has 1 unspecified atom stereocenters. The molecule has 7 heteroatoms. The summed E-state index contributed by atoms with van der Waals surface area (Å²) in [5.41, 5.74) is 1.03. The van der Waals surface area contributed by atoms with Crippen molar-refractivity contribution < 1.29 is 4.79 Å². The highest BCUT2D eigenvalue weighted by atomic mass is 35.5. The largest absolute Gasteiger partial charge is 0.309 e. The molecule has 0 fully saturated rings. The second-order valence-corrected chi connectivity index (χ2v) is 6.02. The van der Waals surface area contributed by atoms with Gasteiger partial charge < -0.3 is 5.32 Å². The molecule has 0 saturated heterocycles. The lowest BCUT2D eigenvalue weighted by Gasteiger charge is -2.12. The third kappa shape index (κ3) is 2.49. The van der Waals surface area contributed by atoms with Crippen LogP contribution in [0.2, 0.25) is 10.2 Å². The molecular formula is C13H9Cl2N3OS. The Hall–Kier alpha value is -1.30. The number of aromatic nitrogens is 2. The Labute approximate surface area is 129 Å². The number of thioether (sulfide) groups is 1. The fraction of sp³-hybridized carbons (Fsp3) is 0.154. The maximum Gasteiger partial charge on any atom is 0.234 e. The van der Waals surface area contributed by atoms with E-state index in [1.165, 1.54) is 6.33 Å². The van der Waals surface area contributed by atoms with Crippen LogP contribution in [-0.4, -0.2) is 21.6 Å². The van der Waals surface area contributed by atoms with Gasteiger partial charge in [-0.25, -0.2) is 9.97 Å². The zero-order valence-electron chi connectivity index (χ0n) is 10.1. The molecule has 0 radical (unpaired) electrons. The molecular weight excluding hydrogens is 317 g/mol. The van der Waals surface area contributed by atoms with Gasteiger partial charge in [0.05, 0.1) is 5.92 Å².